The van der Waals surface area contributed by atoms with Crippen molar-refractivity contribution in [3.05, 3.63) is 27.8 Å². The van der Waals surface area contributed by atoms with Crippen molar-refractivity contribution in [2.75, 3.05) is 11.1 Å². The number of nitrogens with one attached hydrogen (secondary N) is 1. The Morgan fingerprint density at radius 3 is 2.65 bits per heavy atom. The fourth-order valence-electron chi connectivity index (χ4n) is 1.55. The normalized spacial score (nSPS) is 21.7. The van der Waals surface area contributed by atoms with Gasteiger partial charge in [-0.05, 0) is 31.1 Å². The van der Waals surface area contributed by atoms with Crippen molar-refractivity contribution in [3.8, 4) is 0 Å². The molecule has 7 heteroatoms. The van der Waals surface area contributed by atoms with Crippen LogP contribution in [0.4, 0.5) is 5.82 Å². The van der Waals surface area contributed by atoms with Crippen molar-refractivity contribution in [1.29, 1.82) is 0 Å². The predicted octanol–water partition coefficient (Wildman–Crippen LogP) is 1.47. The fraction of sp³-hybridized carbons (Fsp3) is 0.400. The van der Waals surface area contributed by atoms with Crippen molar-refractivity contribution < 1.29 is 8.42 Å². The summed E-state index contributed by atoms with van der Waals surface area (Å²) in [6.45, 7) is 3.71. The van der Waals surface area contributed by atoms with E-state index in [1.165, 1.54) is 5.41 Å². The Morgan fingerprint density at radius 2 is 2.06 bits per heavy atom. The van der Waals surface area contributed by atoms with Gasteiger partial charge in [0.25, 0.3) is 0 Å². The zero-order chi connectivity index (χ0) is 12.6. The number of rotatable bonds is 2. The van der Waals surface area contributed by atoms with Gasteiger partial charge in [-0.3, -0.25) is 0 Å². The topological polar surface area (TPSA) is 72.0 Å². The summed E-state index contributed by atoms with van der Waals surface area (Å²) < 4.78 is 22.5. The molecule has 0 fully saturated rings. The summed E-state index contributed by atoms with van der Waals surface area (Å²) in [7, 11) is -3.06. The van der Waals surface area contributed by atoms with Crippen LogP contribution in [-0.4, -0.2) is 30.4 Å². The Hall–Kier alpha value is -1.14. The predicted molar refractivity (Wildman–Crippen MR) is 66.9 cm³/mol. The largest absolute Gasteiger partial charge is 0.361 e. The van der Waals surface area contributed by atoms with Crippen molar-refractivity contribution in [2.45, 2.75) is 19.9 Å². The highest BCUT2D eigenvalue weighted by atomic mass is 35.5. The molecule has 1 aliphatic heterocycles. The smallest absolute Gasteiger partial charge is 0.173 e. The Kier molecular flexibility index (Phi) is 3.09. The Labute approximate surface area is 105 Å². The van der Waals surface area contributed by atoms with E-state index in [2.05, 4.69) is 15.5 Å². The maximum atomic E-state index is 11.3. The number of hydrogen-bond donors (Lipinski definition) is 1. The third-order valence-electron chi connectivity index (χ3n) is 2.72. The molecule has 1 aliphatic rings. The maximum absolute atomic E-state index is 11.3. The second-order valence-electron chi connectivity index (χ2n) is 4.00. The van der Waals surface area contributed by atoms with Crippen molar-refractivity contribution in [2.24, 2.45) is 0 Å². The van der Waals surface area contributed by atoms with Gasteiger partial charge >= 0.3 is 0 Å². The summed E-state index contributed by atoms with van der Waals surface area (Å²) in [6.07, 6.45) is 1.61. The molecule has 1 aromatic heterocycles. The molecular weight excluding hydrogens is 262 g/mol. The zero-order valence-electron chi connectivity index (χ0n) is 9.44. The zero-order valence-corrected chi connectivity index (χ0v) is 11.0. The molecule has 0 aromatic carbocycles. The summed E-state index contributed by atoms with van der Waals surface area (Å²) >= 11 is 5.84. The van der Waals surface area contributed by atoms with Gasteiger partial charge in [0.1, 0.15) is 0 Å². The first kappa shape index (κ1) is 12.3. The monoisotopic (exact) mass is 273 g/mol. The maximum Gasteiger partial charge on any atom is 0.173 e. The highest BCUT2D eigenvalue weighted by Gasteiger charge is 2.22. The van der Waals surface area contributed by atoms with Gasteiger partial charge in [0.05, 0.1) is 11.8 Å². The molecular formula is C10H12ClN3O2S. The number of hydrogen-bond acceptors (Lipinski definition) is 5. The first-order chi connectivity index (χ1) is 7.89. The van der Waals surface area contributed by atoms with Gasteiger partial charge in [0.2, 0.25) is 0 Å². The molecule has 92 valence electrons. The van der Waals surface area contributed by atoms with Gasteiger partial charge in [0.15, 0.2) is 20.8 Å². The first-order valence-electron chi connectivity index (χ1n) is 5.06. The minimum Gasteiger partial charge on any atom is -0.361 e. The SMILES string of the molecule is Cc1c(Cl)nnc(NC2C=CS(=O)(=O)C2)c1C. The van der Waals surface area contributed by atoms with Crippen LogP contribution >= 0.6 is 11.6 Å². The number of sulfone groups is 1. The van der Waals surface area contributed by atoms with E-state index in [1.54, 1.807) is 6.08 Å². The number of aromatic nitrogens is 2. The summed E-state index contributed by atoms with van der Waals surface area (Å²) in [5, 5.41) is 12.3. The number of anilines is 1. The molecule has 0 aliphatic carbocycles. The molecule has 1 aromatic rings. The van der Waals surface area contributed by atoms with Crippen LogP contribution in [-0.2, 0) is 9.84 Å². The van der Waals surface area contributed by atoms with Gasteiger partial charge < -0.3 is 5.32 Å². The van der Waals surface area contributed by atoms with Crippen LogP contribution in [0.3, 0.4) is 0 Å². The standard InChI is InChI=1S/C10H12ClN3O2S/c1-6-7(2)10(14-13-9(6)11)12-8-3-4-17(15,16)5-8/h3-4,8H,5H2,1-2H3,(H,12,14). The van der Waals surface area contributed by atoms with E-state index in [0.717, 1.165) is 11.1 Å². The van der Waals surface area contributed by atoms with Gasteiger partial charge in [0, 0.05) is 5.41 Å². The van der Waals surface area contributed by atoms with Gasteiger partial charge in [-0.25, -0.2) is 8.42 Å². The summed E-state index contributed by atoms with van der Waals surface area (Å²) in [5.74, 6) is 0.620. The van der Waals surface area contributed by atoms with E-state index in [1.807, 2.05) is 13.8 Å². The minimum absolute atomic E-state index is 0.0514. The van der Waals surface area contributed by atoms with Gasteiger partial charge in [-0.15, -0.1) is 10.2 Å². The van der Waals surface area contributed by atoms with Crippen molar-refractivity contribution >= 4 is 27.3 Å². The third-order valence-corrected chi connectivity index (χ3v) is 4.47. The van der Waals surface area contributed by atoms with E-state index in [-0.39, 0.29) is 11.8 Å². The molecule has 0 amide bonds. The van der Waals surface area contributed by atoms with E-state index in [0.29, 0.717) is 11.0 Å². The Bertz CT molecular complexity index is 583. The molecule has 2 rings (SSSR count). The van der Waals surface area contributed by atoms with E-state index in [4.69, 9.17) is 11.6 Å². The molecule has 0 saturated carbocycles. The van der Waals surface area contributed by atoms with Gasteiger partial charge in [-0.1, -0.05) is 11.6 Å². The van der Waals surface area contributed by atoms with Crippen LogP contribution in [0.2, 0.25) is 5.15 Å². The second-order valence-corrected chi connectivity index (χ2v) is 6.29. The molecule has 1 N–H and O–H groups in total. The number of halogens is 1. The fourth-order valence-corrected chi connectivity index (χ4v) is 2.97. The highest BCUT2D eigenvalue weighted by molar-refractivity contribution is 7.94. The van der Waals surface area contributed by atoms with Crippen LogP contribution < -0.4 is 5.32 Å². The van der Waals surface area contributed by atoms with E-state index < -0.39 is 9.84 Å². The average Bonchev–Trinajstić information content (AvgIpc) is 2.59. The third kappa shape index (κ3) is 2.58. The number of nitrogens with zero attached hydrogens (tertiary/aromatic N) is 2. The molecule has 2 heterocycles. The molecule has 0 spiro atoms. The van der Waals surface area contributed by atoms with E-state index in [9.17, 15) is 8.42 Å². The molecule has 0 saturated heterocycles. The summed E-state index contributed by atoms with van der Waals surface area (Å²) in [5.41, 5.74) is 1.72. The first-order valence-corrected chi connectivity index (χ1v) is 7.15. The van der Waals surface area contributed by atoms with E-state index >= 15 is 0 Å². The lowest BCUT2D eigenvalue weighted by Gasteiger charge is -2.13. The van der Waals surface area contributed by atoms with Crippen LogP contribution in [0, 0.1) is 13.8 Å². The lowest BCUT2D eigenvalue weighted by atomic mass is 10.2. The van der Waals surface area contributed by atoms with Gasteiger partial charge in [-0.2, -0.15) is 0 Å². The lowest BCUT2D eigenvalue weighted by molar-refractivity contribution is 0.605. The van der Waals surface area contributed by atoms with Crippen molar-refractivity contribution in [1.82, 2.24) is 10.2 Å². The average molecular weight is 274 g/mol. The van der Waals surface area contributed by atoms with Crippen LogP contribution in [0.15, 0.2) is 11.5 Å². The highest BCUT2D eigenvalue weighted by Crippen LogP contribution is 2.22. The minimum atomic E-state index is -3.06. The molecule has 1 unspecified atom stereocenters. The summed E-state index contributed by atoms with van der Waals surface area (Å²) in [4.78, 5) is 0. The second kappa shape index (κ2) is 4.27. The quantitative estimate of drug-likeness (QED) is 0.883. The molecule has 5 nitrogen and oxygen atoms in total. The molecule has 0 radical (unpaired) electrons. The van der Waals surface area contributed by atoms with Crippen LogP contribution in [0.25, 0.3) is 0 Å². The summed E-state index contributed by atoms with van der Waals surface area (Å²) in [6, 6.07) is -0.256. The Morgan fingerprint density at radius 1 is 1.35 bits per heavy atom. The van der Waals surface area contributed by atoms with Crippen LogP contribution in [0.1, 0.15) is 11.1 Å². The van der Waals surface area contributed by atoms with Crippen molar-refractivity contribution in [3.63, 3.8) is 0 Å². The lowest BCUT2D eigenvalue weighted by Crippen LogP contribution is -2.22. The molecule has 0 bridgehead atoms. The molecule has 17 heavy (non-hydrogen) atoms. The van der Waals surface area contributed by atoms with Crippen LogP contribution in [0.5, 0.6) is 0 Å². The Balaban J connectivity index is 2.21. The molecule has 1 atom stereocenters.